The van der Waals surface area contributed by atoms with Crippen molar-refractivity contribution in [1.29, 1.82) is 5.26 Å². The minimum atomic E-state index is -3.91. The molecule has 21 heavy (non-hydrogen) atoms. The summed E-state index contributed by atoms with van der Waals surface area (Å²) in [6, 6.07) is 5.68. The average molecular weight is 349 g/mol. The van der Waals surface area contributed by atoms with E-state index < -0.39 is 25.1 Å². The monoisotopic (exact) mass is 348 g/mol. The van der Waals surface area contributed by atoms with E-state index in [-0.39, 0.29) is 27.8 Å². The second kappa shape index (κ2) is 5.93. The topological polar surface area (TPSA) is 104 Å². The highest BCUT2D eigenvalue weighted by molar-refractivity contribution is 7.92. The maximum Gasteiger partial charge on any atom is 0.242 e. The first kappa shape index (κ1) is 16.2. The summed E-state index contributed by atoms with van der Waals surface area (Å²) >= 11 is 5.86. The highest BCUT2D eigenvalue weighted by Gasteiger charge is 2.32. The molecular formula is C12H13ClN2O4S2. The van der Waals surface area contributed by atoms with Crippen LogP contribution in [-0.4, -0.2) is 34.4 Å². The first-order chi connectivity index (χ1) is 9.76. The van der Waals surface area contributed by atoms with Gasteiger partial charge in [0.1, 0.15) is 4.90 Å². The lowest BCUT2D eigenvalue weighted by molar-refractivity contribution is 0.571. The van der Waals surface area contributed by atoms with Crippen LogP contribution < -0.4 is 4.72 Å². The lowest BCUT2D eigenvalue weighted by atomic mass is 10.2. The van der Waals surface area contributed by atoms with Crippen molar-refractivity contribution in [3.8, 4) is 6.07 Å². The van der Waals surface area contributed by atoms with Crippen LogP contribution >= 0.6 is 11.6 Å². The highest BCUT2D eigenvalue weighted by Crippen LogP contribution is 2.24. The van der Waals surface area contributed by atoms with Gasteiger partial charge in [0, 0.05) is 6.54 Å². The van der Waals surface area contributed by atoms with Gasteiger partial charge in [0.25, 0.3) is 0 Å². The van der Waals surface area contributed by atoms with E-state index in [1.165, 1.54) is 18.2 Å². The molecule has 0 aromatic heterocycles. The summed E-state index contributed by atoms with van der Waals surface area (Å²) in [5.74, 6) is 0.0943. The normalized spacial score (nSPS) is 21.0. The molecule has 114 valence electrons. The van der Waals surface area contributed by atoms with Gasteiger partial charge in [0.2, 0.25) is 10.0 Å². The van der Waals surface area contributed by atoms with Crippen LogP contribution in [0.25, 0.3) is 0 Å². The van der Waals surface area contributed by atoms with Crippen molar-refractivity contribution >= 4 is 31.5 Å². The Balaban J connectivity index is 2.18. The SMILES string of the molecule is N#Cc1ccc(S(=O)(=O)NCC2CCCS2(=O)=O)c(Cl)c1. The Hall–Kier alpha value is -1.14. The number of nitriles is 1. The van der Waals surface area contributed by atoms with E-state index >= 15 is 0 Å². The maximum atomic E-state index is 12.1. The van der Waals surface area contributed by atoms with Gasteiger partial charge in [0.15, 0.2) is 9.84 Å². The van der Waals surface area contributed by atoms with Crippen molar-refractivity contribution in [1.82, 2.24) is 4.72 Å². The van der Waals surface area contributed by atoms with E-state index in [0.717, 1.165) is 0 Å². The number of benzene rings is 1. The van der Waals surface area contributed by atoms with Gasteiger partial charge in [-0.05, 0) is 31.0 Å². The first-order valence-corrected chi connectivity index (χ1v) is 9.75. The van der Waals surface area contributed by atoms with Gasteiger partial charge in [-0.2, -0.15) is 5.26 Å². The zero-order valence-corrected chi connectivity index (χ0v) is 13.3. The van der Waals surface area contributed by atoms with Gasteiger partial charge >= 0.3 is 0 Å². The summed E-state index contributed by atoms with van der Waals surface area (Å²) < 4.78 is 49.9. The van der Waals surface area contributed by atoms with E-state index in [0.29, 0.717) is 12.8 Å². The molecule has 1 heterocycles. The van der Waals surface area contributed by atoms with Gasteiger partial charge in [-0.25, -0.2) is 21.6 Å². The molecule has 0 aliphatic carbocycles. The van der Waals surface area contributed by atoms with Gasteiger partial charge in [0.05, 0.1) is 27.7 Å². The summed E-state index contributed by atoms with van der Waals surface area (Å²) in [6.07, 6.45) is 0.998. The van der Waals surface area contributed by atoms with Crippen molar-refractivity contribution in [2.75, 3.05) is 12.3 Å². The maximum absolute atomic E-state index is 12.1. The van der Waals surface area contributed by atoms with Gasteiger partial charge < -0.3 is 0 Å². The molecule has 0 radical (unpaired) electrons. The number of sulfone groups is 1. The number of nitrogens with zero attached hydrogens (tertiary/aromatic N) is 1. The molecule has 1 N–H and O–H groups in total. The Morgan fingerprint density at radius 1 is 1.43 bits per heavy atom. The van der Waals surface area contributed by atoms with Crippen molar-refractivity contribution in [2.24, 2.45) is 0 Å². The second-order valence-corrected chi connectivity index (χ2v) is 9.28. The lowest BCUT2D eigenvalue weighted by Gasteiger charge is -2.12. The molecule has 1 fully saturated rings. The molecule has 1 aromatic carbocycles. The largest absolute Gasteiger partial charge is 0.242 e. The Bertz CT molecular complexity index is 797. The Labute approximate surface area is 128 Å². The number of hydrogen-bond acceptors (Lipinski definition) is 5. The van der Waals surface area contributed by atoms with E-state index in [1.54, 1.807) is 0 Å². The molecule has 0 bridgehead atoms. The van der Waals surface area contributed by atoms with E-state index in [2.05, 4.69) is 4.72 Å². The fourth-order valence-corrected chi connectivity index (χ4v) is 5.65. The van der Waals surface area contributed by atoms with Crippen LogP contribution in [0.15, 0.2) is 23.1 Å². The van der Waals surface area contributed by atoms with Crippen molar-refractivity contribution in [3.63, 3.8) is 0 Å². The highest BCUT2D eigenvalue weighted by atomic mass is 35.5. The van der Waals surface area contributed by atoms with Crippen LogP contribution in [0.2, 0.25) is 5.02 Å². The third kappa shape index (κ3) is 3.55. The summed E-state index contributed by atoms with van der Waals surface area (Å²) in [4.78, 5) is -0.168. The Kier molecular flexibility index (Phi) is 4.58. The minimum Gasteiger partial charge on any atom is -0.229 e. The minimum absolute atomic E-state index is 0.0733. The van der Waals surface area contributed by atoms with Crippen LogP contribution in [-0.2, 0) is 19.9 Å². The summed E-state index contributed by atoms with van der Waals surface area (Å²) in [7, 11) is -7.12. The molecule has 0 spiro atoms. The molecule has 6 nitrogen and oxygen atoms in total. The second-order valence-electron chi connectivity index (χ2n) is 4.74. The van der Waals surface area contributed by atoms with Crippen LogP contribution in [0, 0.1) is 11.3 Å². The molecule has 1 saturated heterocycles. The van der Waals surface area contributed by atoms with E-state index in [4.69, 9.17) is 16.9 Å². The molecule has 0 saturated carbocycles. The fourth-order valence-electron chi connectivity index (χ4n) is 2.16. The lowest BCUT2D eigenvalue weighted by Crippen LogP contribution is -2.34. The molecule has 1 atom stereocenters. The molecule has 1 aromatic rings. The molecule has 1 aliphatic heterocycles. The van der Waals surface area contributed by atoms with Crippen molar-refractivity contribution < 1.29 is 16.8 Å². The standard InChI is InChI=1S/C12H13ClN2O4S2/c13-11-6-9(7-14)3-4-12(11)21(18,19)15-8-10-2-1-5-20(10,16)17/h3-4,6,10,15H,1-2,5,8H2. The first-order valence-electron chi connectivity index (χ1n) is 6.17. The van der Waals surface area contributed by atoms with E-state index in [9.17, 15) is 16.8 Å². The van der Waals surface area contributed by atoms with E-state index in [1.807, 2.05) is 6.07 Å². The summed E-state index contributed by atoms with van der Waals surface area (Å²) in [5.41, 5.74) is 0.248. The van der Waals surface area contributed by atoms with Crippen molar-refractivity contribution in [2.45, 2.75) is 23.0 Å². The van der Waals surface area contributed by atoms with Crippen LogP contribution in [0.1, 0.15) is 18.4 Å². The van der Waals surface area contributed by atoms with Crippen LogP contribution in [0.4, 0.5) is 0 Å². The Morgan fingerprint density at radius 2 is 2.14 bits per heavy atom. The number of hydrogen-bond donors (Lipinski definition) is 1. The molecule has 0 amide bonds. The molecule has 2 rings (SSSR count). The third-order valence-corrected chi connectivity index (χ3v) is 7.50. The quantitative estimate of drug-likeness (QED) is 0.876. The smallest absolute Gasteiger partial charge is 0.229 e. The molecule has 9 heteroatoms. The number of halogens is 1. The fraction of sp³-hybridized carbons (Fsp3) is 0.417. The summed E-state index contributed by atoms with van der Waals surface area (Å²) in [5, 5.41) is 7.96. The molecule has 1 aliphatic rings. The van der Waals surface area contributed by atoms with Gasteiger partial charge in [-0.15, -0.1) is 0 Å². The molecular weight excluding hydrogens is 336 g/mol. The summed E-state index contributed by atoms with van der Waals surface area (Å²) in [6.45, 7) is -0.166. The predicted molar refractivity (Wildman–Crippen MR) is 78.2 cm³/mol. The van der Waals surface area contributed by atoms with Gasteiger partial charge in [-0.3, -0.25) is 0 Å². The number of sulfonamides is 1. The van der Waals surface area contributed by atoms with Crippen molar-refractivity contribution in [3.05, 3.63) is 28.8 Å². The van der Waals surface area contributed by atoms with Crippen LogP contribution in [0.3, 0.4) is 0 Å². The average Bonchev–Trinajstić information content (AvgIpc) is 2.75. The third-order valence-electron chi connectivity index (χ3n) is 3.31. The number of rotatable bonds is 4. The van der Waals surface area contributed by atoms with Crippen LogP contribution in [0.5, 0.6) is 0 Å². The van der Waals surface area contributed by atoms with Gasteiger partial charge in [-0.1, -0.05) is 11.6 Å². The Morgan fingerprint density at radius 3 is 2.67 bits per heavy atom. The zero-order chi connectivity index (χ0) is 15.7. The predicted octanol–water partition coefficient (Wildman–Crippen LogP) is 1.07. The molecule has 1 unspecified atom stereocenters. The number of nitrogens with one attached hydrogen (secondary N) is 1. The zero-order valence-electron chi connectivity index (χ0n) is 10.9.